The van der Waals surface area contributed by atoms with Crippen molar-refractivity contribution in [3.63, 3.8) is 0 Å². The quantitative estimate of drug-likeness (QED) is 0.775. The summed E-state index contributed by atoms with van der Waals surface area (Å²) in [6.45, 7) is 6.28. The van der Waals surface area contributed by atoms with Crippen molar-refractivity contribution in [3.05, 3.63) is 0 Å². The Morgan fingerprint density at radius 3 is 2.33 bits per heavy atom. The molecule has 1 fully saturated rings. The molecule has 1 rings (SSSR count). The molecule has 21 heavy (non-hydrogen) atoms. The number of carbonyl (C=O) groups is 2. The van der Waals surface area contributed by atoms with Gasteiger partial charge >= 0.3 is 12.0 Å². The molecule has 0 aliphatic carbocycles. The Kier molecular flexibility index (Phi) is 6.00. The zero-order valence-corrected chi connectivity index (χ0v) is 13.6. The minimum absolute atomic E-state index is 0.0113. The summed E-state index contributed by atoms with van der Waals surface area (Å²) in [5.41, 5.74) is 0. The Morgan fingerprint density at radius 2 is 1.95 bits per heavy atom. The van der Waals surface area contributed by atoms with Gasteiger partial charge in [-0.3, -0.25) is 4.79 Å². The van der Waals surface area contributed by atoms with E-state index >= 15 is 0 Å². The van der Waals surface area contributed by atoms with Crippen molar-refractivity contribution >= 4 is 21.8 Å². The molecule has 0 aromatic rings. The van der Waals surface area contributed by atoms with Crippen LogP contribution < -0.4 is 0 Å². The smallest absolute Gasteiger partial charge is 0.323 e. The second kappa shape index (κ2) is 7.11. The zero-order chi connectivity index (χ0) is 16.2. The summed E-state index contributed by atoms with van der Waals surface area (Å²) in [4.78, 5) is 26.3. The maximum absolute atomic E-state index is 12.5. The van der Waals surface area contributed by atoms with E-state index in [1.165, 1.54) is 4.90 Å². The largest absolute Gasteiger partial charge is 0.480 e. The Morgan fingerprint density at radius 1 is 1.33 bits per heavy atom. The van der Waals surface area contributed by atoms with Crippen molar-refractivity contribution in [1.29, 1.82) is 0 Å². The number of hydrogen-bond acceptors (Lipinski definition) is 4. The Bertz CT molecular complexity index is 489. The SMILES string of the molecule is CCN(CC(C)C)C(=O)N(CC(=O)O)C1CCS(=O)(=O)C1. The molecule has 1 atom stereocenters. The highest BCUT2D eigenvalue weighted by molar-refractivity contribution is 7.91. The topological polar surface area (TPSA) is 95.0 Å². The average molecular weight is 320 g/mol. The van der Waals surface area contributed by atoms with Crippen molar-refractivity contribution in [3.8, 4) is 0 Å². The van der Waals surface area contributed by atoms with E-state index in [1.807, 2.05) is 20.8 Å². The van der Waals surface area contributed by atoms with Crippen LogP contribution in [0.2, 0.25) is 0 Å². The van der Waals surface area contributed by atoms with Crippen molar-refractivity contribution in [2.75, 3.05) is 31.1 Å². The predicted molar refractivity (Wildman–Crippen MR) is 78.9 cm³/mol. The number of sulfone groups is 1. The Hall–Kier alpha value is -1.31. The molecule has 1 heterocycles. The van der Waals surface area contributed by atoms with Gasteiger partial charge in [0, 0.05) is 19.1 Å². The molecule has 2 amide bonds. The molecule has 1 aliphatic heterocycles. The van der Waals surface area contributed by atoms with Gasteiger partial charge in [0.15, 0.2) is 9.84 Å². The average Bonchev–Trinajstić information content (AvgIpc) is 2.72. The number of hydrogen-bond donors (Lipinski definition) is 1. The van der Waals surface area contributed by atoms with Gasteiger partial charge in [-0.05, 0) is 19.3 Å². The van der Waals surface area contributed by atoms with E-state index in [9.17, 15) is 18.0 Å². The minimum atomic E-state index is -3.17. The van der Waals surface area contributed by atoms with Crippen LogP contribution in [0.25, 0.3) is 0 Å². The molecule has 7 nitrogen and oxygen atoms in total. The molecule has 122 valence electrons. The molecule has 1 aliphatic rings. The maximum atomic E-state index is 12.5. The lowest BCUT2D eigenvalue weighted by molar-refractivity contribution is -0.138. The first kappa shape index (κ1) is 17.7. The standard InChI is InChI=1S/C13H24N2O5S/c1-4-14(7-10(2)3)13(18)15(8-12(16)17)11-5-6-21(19,20)9-11/h10-11H,4-9H2,1-3H3,(H,16,17). The summed E-state index contributed by atoms with van der Waals surface area (Å²) in [5.74, 6) is -1.01. The predicted octanol–water partition coefficient (Wildman–Crippen LogP) is 0.658. The van der Waals surface area contributed by atoms with Crippen LogP contribution in [-0.4, -0.2) is 72.5 Å². The third-order valence-corrected chi connectivity index (χ3v) is 5.19. The molecule has 1 unspecified atom stereocenters. The normalized spacial score (nSPS) is 20.5. The number of carbonyl (C=O) groups excluding carboxylic acids is 1. The van der Waals surface area contributed by atoms with Crippen LogP contribution in [0.5, 0.6) is 0 Å². The van der Waals surface area contributed by atoms with E-state index in [1.54, 1.807) is 4.90 Å². The molecule has 1 N–H and O–H groups in total. The van der Waals surface area contributed by atoms with Crippen LogP contribution in [0.1, 0.15) is 27.2 Å². The summed E-state index contributed by atoms with van der Waals surface area (Å²) in [6, 6.07) is -0.935. The van der Waals surface area contributed by atoms with E-state index in [4.69, 9.17) is 5.11 Å². The molecule has 0 bridgehead atoms. The first-order valence-electron chi connectivity index (χ1n) is 7.14. The van der Waals surface area contributed by atoms with Crippen LogP contribution in [0, 0.1) is 5.92 Å². The van der Waals surface area contributed by atoms with Gasteiger partial charge in [-0.15, -0.1) is 0 Å². The lowest BCUT2D eigenvalue weighted by Gasteiger charge is -2.33. The second-order valence-electron chi connectivity index (χ2n) is 5.79. The monoisotopic (exact) mass is 320 g/mol. The Balaban J connectivity index is 2.91. The first-order chi connectivity index (χ1) is 9.66. The number of amides is 2. The van der Waals surface area contributed by atoms with Gasteiger partial charge in [-0.2, -0.15) is 0 Å². The highest BCUT2D eigenvalue weighted by atomic mass is 32.2. The van der Waals surface area contributed by atoms with Crippen molar-refractivity contribution in [2.24, 2.45) is 5.92 Å². The van der Waals surface area contributed by atoms with E-state index < -0.39 is 34.4 Å². The number of urea groups is 1. The van der Waals surface area contributed by atoms with E-state index in [0.717, 1.165) is 0 Å². The molecular weight excluding hydrogens is 296 g/mol. The second-order valence-corrected chi connectivity index (χ2v) is 8.02. The van der Waals surface area contributed by atoms with Gasteiger partial charge in [0.1, 0.15) is 6.54 Å². The van der Waals surface area contributed by atoms with Gasteiger partial charge in [0.05, 0.1) is 11.5 Å². The number of carboxylic acids is 1. The molecule has 0 radical (unpaired) electrons. The molecule has 0 aromatic heterocycles. The van der Waals surface area contributed by atoms with Gasteiger partial charge in [-0.1, -0.05) is 13.8 Å². The molecule has 0 saturated carbocycles. The fourth-order valence-corrected chi connectivity index (χ4v) is 4.22. The summed E-state index contributed by atoms with van der Waals surface area (Å²) >= 11 is 0. The third kappa shape index (κ3) is 5.18. The minimum Gasteiger partial charge on any atom is -0.480 e. The summed E-state index contributed by atoms with van der Waals surface area (Å²) in [7, 11) is -3.17. The first-order valence-corrected chi connectivity index (χ1v) is 8.96. The Labute approximate surface area is 125 Å². The zero-order valence-electron chi connectivity index (χ0n) is 12.8. The molecule has 1 saturated heterocycles. The lowest BCUT2D eigenvalue weighted by atomic mass is 10.2. The maximum Gasteiger partial charge on any atom is 0.323 e. The van der Waals surface area contributed by atoms with E-state index in [0.29, 0.717) is 19.5 Å². The molecule has 0 aromatic carbocycles. The van der Waals surface area contributed by atoms with Crippen LogP contribution in [0.15, 0.2) is 0 Å². The third-order valence-electron chi connectivity index (χ3n) is 3.44. The van der Waals surface area contributed by atoms with Crippen LogP contribution >= 0.6 is 0 Å². The number of rotatable bonds is 6. The van der Waals surface area contributed by atoms with Gasteiger partial charge in [0.25, 0.3) is 0 Å². The summed E-state index contributed by atoms with van der Waals surface area (Å²) in [5, 5.41) is 9.00. The van der Waals surface area contributed by atoms with Crippen LogP contribution in [0.3, 0.4) is 0 Å². The fraction of sp³-hybridized carbons (Fsp3) is 0.846. The van der Waals surface area contributed by atoms with Crippen molar-refractivity contribution in [1.82, 2.24) is 9.80 Å². The highest BCUT2D eigenvalue weighted by Crippen LogP contribution is 2.19. The fourth-order valence-electron chi connectivity index (χ4n) is 2.48. The number of nitrogens with zero attached hydrogens (tertiary/aromatic N) is 2. The lowest BCUT2D eigenvalue weighted by Crippen LogP contribution is -2.51. The van der Waals surface area contributed by atoms with E-state index in [-0.39, 0.29) is 17.4 Å². The number of carboxylic acid groups (broad SMARTS) is 1. The van der Waals surface area contributed by atoms with Crippen LogP contribution in [-0.2, 0) is 14.6 Å². The molecule has 8 heteroatoms. The van der Waals surface area contributed by atoms with Crippen molar-refractivity contribution < 1.29 is 23.1 Å². The summed E-state index contributed by atoms with van der Waals surface area (Å²) < 4.78 is 23.1. The van der Waals surface area contributed by atoms with E-state index in [2.05, 4.69) is 0 Å². The summed E-state index contributed by atoms with van der Waals surface area (Å²) in [6.07, 6.45) is 0.306. The molecule has 0 spiro atoms. The van der Waals surface area contributed by atoms with Crippen molar-refractivity contribution in [2.45, 2.75) is 33.2 Å². The van der Waals surface area contributed by atoms with Gasteiger partial charge in [0.2, 0.25) is 0 Å². The van der Waals surface area contributed by atoms with Crippen LogP contribution in [0.4, 0.5) is 4.79 Å². The van der Waals surface area contributed by atoms with Gasteiger partial charge in [-0.25, -0.2) is 13.2 Å². The highest BCUT2D eigenvalue weighted by Gasteiger charge is 2.37. The molecular formula is C13H24N2O5S. The number of aliphatic carboxylic acids is 1. The van der Waals surface area contributed by atoms with Gasteiger partial charge < -0.3 is 14.9 Å².